The van der Waals surface area contributed by atoms with Crippen molar-refractivity contribution in [2.75, 3.05) is 24.3 Å². The molecule has 0 amide bonds. The molecule has 0 radical (unpaired) electrons. The molecule has 0 atom stereocenters. The number of carbonyl (C=O) groups excluding carboxylic acids is 1. The zero-order valence-corrected chi connectivity index (χ0v) is 14.5. The topological polar surface area (TPSA) is 66.8 Å². The van der Waals surface area contributed by atoms with E-state index in [0.717, 1.165) is 29.5 Å². The predicted octanol–water partition coefficient (Wildman–Crippen LogP) is 2.75. The number of ether oxygens (including phenoxy) is 1. The Hall–Kier alpha value is -0.0138. The Morgan fingerprint density at radius 2 is 2.16 bits per heavy atom. The number of nitrogens with one attached hydrogen (secondary N) is 1. The van der Waals surface area contributed by atoms with Gasteiger partial charge in [0.1, 0.15) is 0 Å². The molecule has 1 aromatic carbocycles. The smallest absolute Gasteiger partial charge is 2.00 e. The van der Waals surface area contributed by atoms with E-state index in [2.05, 4.69) is 26.0 Å². The van der Waals surface area contributed by atoms with E-state index in [1.165, 1.54) is 7.11 Å². The molecular formula is C12H15BrClMgNO3. The van der Waals surface area contributed by atoms with E-state index in [4.69, 9.17) is 11.6 Å². The first-order valence-electron chi connectivity index (χ1n) is 5.32. The number of methoxy groups -OCH3 is 1. The summed E-state index contributed by atoms with van der Waals surface area (Å²) in [6.07, 6.45) is 1.28. The Morgan fingerprint density at radius 1 is 1.47 bits per heavy atom. The fourth-order valence-electron chi connectivity index (χ4n) is 1.34. The second kappa shape index (κ2) is 11.8. The van der Waals surface area contributed by atoms with Crippen molar-refractivity contribution in [1.82, 2.24) is 0 Å². The summed E-state index contributed by atoms with van der Waals surface area (Å²) in [6.45, 7) is 0.862. The van der Waals surface area contributed by atoms with Gasteiger partial charge in [0.15, 0.2) is 0 Å². The van der Waals surface area contributed by atoms with E-state index < -0.39 is 0 Å². The molecule has 0 aliphatic heterocycles. The van der Waals surface area contributed by atoms with Crippen LogP contribution in [0.5, 0.6) is 0 Å². The minimum atomic E-state index is -0.263. The van der Waals surface area contributed by atoms with Gasteiger partial charge in [-0.05, 0) is 24.1 Å². The van der Waals surface area contributed by atoms with Crippen LogP contribution >= 0.6 is 27.5 Å². The molecule has 0 saturated heterocycles. The zero-order chi connectivity index (χ0) is 12.7. The summed E-state index contributed by atoms with van der Waals surface area (Å²) in [6, 6.07) is 5.54. The third-order valence-electron chi connectivity index (χ3n) is 2.24. The fourth-order valence-corrected chi connectivity index (χ4v) is 1.89. The van der Waals surface area contributed by atoms with Crippen LogP contribution in [-0.2, 0) is 21.4 Å². The quantitative estimate of drug-likeness (QED) is 0.367. The van der Waals surface area contributed by atoms with E-state index in [1.54, 1.807) is 6.07 Å². The van der Waals surface area contributed by atoms with Crippen molar-refractivity contribution in [3.8, 4) is 0 Å². The standard InChI is InChI=1S/C12H15BrClNO2.Mg.O/c1-17-12(16)8-9-3-4-11(10(14)7-9)15-6-2-5-13;;/h3-4,7,15H,2,5-6,8H2,1H3;;/q;+2;-2. The van der Waals surface area contributed by atoms with Crippen molar-refractivity contribution in [2.24, 2.45) is 0 Å². The molecule has 0 aromatic heterocycles. The van der Waals surface area contributed by atoms with Gasteiger partial charge in [0, 0.05) is 11.9 Å². The molecular weight excluding hydrogens is 346 g/mol. The van der Waals surface area contributed by atoms with Gasteiger partial charge in [0.2, 0.25) is 0 Å². The number of esters is 1. The molecule has 1 rings (SSSR count). The van der Waals surface area contributed by atoms with Crippen LogP contribution in [0.15, 0.2) is 18.2 Å². The van der Waals surface area contributed by atoms with Gasteiger partial charge in [-0.25, -0.2) is 0 Å². The molecule has 0 saturated carbocycles. The maximum atomic E-state index is 11.1. The Kier molecular flexibility index (Phi) is 13.2. The van der Waals surface area contributed by atoms with E-state index in [1.807, 2.05) is 12.1 Å². The summed E-state index contributed by atoms with van der Waals surface area (Å²) in [7, 11) is 1.38. The van der Waals surface area contributed by atoms with Crippen molar-refractivity contribution < 1.29 is 15.0 Å². The first kappa shape index (κ1) is 21.3. The summed E-state index contributed by atoms with van der Waals surface area (Å²) in [5.41, 5.74) is 1.74. The van der Waals surface area contributed by atoms with Gasteiger partial charge >= 0.3 is 29.0 Å². The maximum Gasteiger partial charge on any atom is 2.00 e. The average molecular weight is 361 g/mol. The fraction of sp³-hybridized carbons (Fsp3) is 0.417. The van der Waals surface area contributed by atoms with E-state index in [0.29, 0.717) is 5.02 Å². The molecule has 102 valence electrons. The van der Waals surface area contributed by atoms with E-state index in [-0.39, 0.29) is 40.9 Å². The normalized spacial score (nSPS) is 9.00. The summed E-state index contributed by atoms with van der Waals surface area (Å²) in [5, 5.41) is 4.81. The number of rotatable bonds is 6. The molecule has 7 heteroatoms. The number of anilines is 1. The van der Waals surface area contributed by atoms with Gasteiger partial charge in [-0.1, -0.05) is 33.6 Å². The Bertz CT molecular complexity index is 393. The molecule has 0 aliphatic rings. The van der Waals surface area contributed by atoms with Crippen molar-refractivity contribution in [3.63, 3.8) is 0 Å². The molecule has 0 unspecified atom stereocenters. The SMILES string of the molecule is COC(=O)Cc1ccc(NCCCBr)c(Cl)c1.[Mg+2].[O-2]. The van der Waals surface area contributed by atoms with E-state index >= 15 is 0 Å². The third kappa shape index (κ3) is 7.99. The van der Waals surface area contributed by atoms with Gasteiger partial charge in [-0.2, -0.15) is 0 Å². The van der Waals surface area contributed by atoms with Crippen LogP contribution in [0.2, 0.25) is 5.02 Å². The zero-order valence-electron chi connectivity index (χ0n) is 10.7. The van der Waals surface area contributed by atoms with Crippen molar-refractivity contribution >= 4 is 62.2 Å². The molecule has 4 nitrogen and oxygen atoms in total. The molecule has 0 spiro atoms. The number of carbonyl (C=O) groups is 1. The van der Waals surface area contributed by atoms with Crippen LogP contribution in [-0.4, -0.2) is 48.0 Å². The average Bonchev–Trinajstić information content (AvgIpc) is 2.32. The third-order valence-corrected chi connectivity index (χ3v) is 3.11. The summed E-state index contributed by atoms with van der Waals surface area (Å²) >= 11 is 9.47. The Labute approximate surface area is 142 Å². The number of hydrogen-bond acceptors (Lipinski definition) is 3. The minimum absolute atomic E-state index is 0. The Balaban J connectivity index is 0. The van der Waals surface area contributed by atoms with Crippen molar-refractivity contribution in [1.29, 1.82) is 0 Å². The van der Waals surface area contributed by atoms with Crippen LogP contribution in [0.1, 0.15) is 12.0 Å². The number of halogens is 2. The maximum absolute atomic E-state index is 11.1. The number of alkyl halides is 1. The molecule has 0 bridgehead atoms. The Morgan fingerprint density at radius 3 is 2.68 bits per heavy atom. The number of benzene rings is 1. The van der Waals surface area contributed by atoms with Gasteiger partial charge in [-0.15, -0.1) is 0 Å². The van der Waals surface area contributed by atoms with Gasteiger partial charge < -0.3 is 15.5 Å². The predicted molar refractivity (Wildman–Crippen MR) is 80.5 cm³/mol. The van der Waals surface area contributed by atoms with Gasteiger partial charge in [0.05, 0.1) is 24.2 Å². The van der Waals surface area contributed by atoms with Gasteiger partial charge in [-0.3, -0.25) is 4.79 Å². The summed E-state index contributed by atoms with van der Waals surface area (Å²) in [4.78, 5) is 11.1. The molecule has 0 fully saturated rings. The second-order valence-electron chi connectivity index (χ2n) is 3.54. The first-order valence-corrected chi connectivity index (χ1v) is 6.82. The second-order valence-corrected chi connectivity index (χ2v) is 4.74. The van der Waals surface area contributed by atoms with Crippen LogP contribution in [0.25, 0.3) is 0 Å². The van der Waals surface area contributed by atoms with Crippen LogP contribution < -0.4 is 5.32 Å². The van der Waals surface area contributed by atoms with Crippen molar-refractivity contribution in [3.05, 3.63) is 28.8 Å². The number of hydrogen-bond donors (Lipinski definition) is 1. The largest absolute Gasteiger partial charge is 2.00 e. The summed E-state index contributed by atoms with van der Waals surface area (Å²) in [5.74, 6) is -0.263. The van der Waals surface area contributed by atoms with Crippen molar-refractivity contribution in [2.45, 2.75) is 12.8 Å². The molecule has 19 heavy (non-hydrogen) atoms. The molecule has 0 aliphatic carbocycles. The molecule has 1 aromatic rings. The van der Waals surface area contributed by atoms with Crippen LogP contribution in [0, 0.1) is 0 Å². The van der Waals surface area contributed by atoms with Gasteiger partial charge in [0.25, 0.3) is 0 Å². The summed E-state index contributed by atoms with van der Waals surface area (Å²) < 4.78 is 4.60. The van der Waals surface area contributed by atoms with Crippen LogP contribution in [0.3, 0.4) is 0 Å². The molecule has 0 heterocycles. The molecule has 1 N–H and O–H groups in total. The van der Waals surface area contributed by atoms with E-state index in [9.17, 15) is 4.79 Å². The van der Waals surface area contributed by atoms with Crippen LogP contribution in [0.4, 0.5) is 5.69 Å². The first-order chi connectivity index (χ1) is 8.17. The monoisotopic (exact) mass is 359 g/mol. The minimum Gasteiger partial charge on any atom is -2.00 e.